The molecule has 130 valence electrons. The van der Waals surface area contributed by atoms with Crippen LogP contribution in [-0.2, 0) is 19.1 Å². The lowest BCUT2D eigenvalue weighted by molar-refractivity contribution is -0.159. The molecule has 0 aliphatic carbocycles. The SMILES string of the molecule is CCCCCCC(=O)OCC(CC)OC(=O)CCCCCC. The first-order valence-electron chi connectivity index (χ1n) is 8.99. The molecule has 22 heavy (non-hydrogen) atoms. The lowest BCUT2D eigenvalue weighted by Gasteiger charge is -2.16. The van der Waals surface area contributed by atoms with Gasteiger partial charge in [-0.05, 0) is 19.3 Å². The highest BCUT2D eigenvalue weighted by Gasteiger charge is 2.14. The van der Waals surface area contributed by atoms with Crippen molar-refractivity contribution >= 4 is 11.9 Å². The van der Waals surface area contributed by atoms with Crippen LogP contribution in [-0.4, -0.2) is 24.6 Å². The van der Waals surface area contributed by atoms with Gasteiger partial charge in [0.05, 0.1) is 0 Å². The maximum absolute atomic E-state index is 11.7. The molecule has 0 radical (unpaired) electrons. The molecule has 0 N–H and O–H groups in total. The summed E-state index contributed by atoms with van der Waals surface area (Å²) in [4.78, 5) is 23.3. The Bertz CT molecular complexity index is 289. The second-order valence-electron chi connectivity index (χ2n) is 5.82. The lowest BCUT2D eigenvalue weighted by Crippen LogP contribution is -2.24. The van der Waals surface area contributed by atoms with Crippen molar-refractivity contribution in [3.05, 3.63) is 0 Å². The standard InChI is InChI=1S/C18H34O4/c1-4-7-9-11-13-17(19)21-15-16(6-3)22-18(20)14-12-10-8-5-2/h16H,4-15H2,1-3H3. The van der Waals surface area contributed by atoms with Crippen molar-refractivity contribution in [1.82, 2.24) is 0 Å². The highest BCUT2D eigenvalue weighted by Crippen LogP contribution is 2.08. The topological polar surface area (TPSA) is 52.6 Å². The Morgan fingerprint density at radius 3 is 1.82 bits per heavy atom. The number of hydrogen-bond acceptors (Lipinski definition) is 4. The number of ether oxygens (including phenoxy) is 2. The lowest BCUT2D eigenvalue weighted by atomic mass is 10.1. The van der Waals surface area contributed by atoms with Gasteiger partial charge in [-0.3, -0.25) is 9.59 Å². The summed E-state index contributed by atoms with van der Waals surface area (Å²) >= 11 is 0. The molecule has 0 spiro atoms. The quantitative estimate of drug-likeness (QED) is 0.341. The van der Waals surface area contributed by atoms with Crippen LogP contribution in [0.15, 0.2) is 0 Å². The maximum atomic E-state index is 11.7. The van der Waals surface area contributed by atoms with Gasteiger partial charge in [-0.2, -0.15) is 0 Å². The monoisotopic (exact) mass is 314 g/mol. The van der Waals surface area contributed by atoms with Crippen LogP contribution >= 0.6 is 0 Å². The van der Waals surface area contributed by atoms with Crippen LogP contribution in [0.1, 0.15) is 91.4 Å². The predicted octanol–water partition coefficient (Wildman–Crippen LogP) is 4.79. The summed E-state index contributed by atoms with van der Waals surface area (Å²) in [6, 6.07) is 0. The summed E-state index contributed by atoms with van der Waals surface area (Å²) < 4.78 is 10.6. The van der Waals surface area contributed by atoms with E-state index in [1.54, 1.807) is 0 Å². The Kier molecular flexibility index (Phi) is 14.1. The minimum absolute atomic E-state index is 0.179. The molecule has 4 nitrogen and oxygen atoms in total. The number of hydrogen-bond donors (Lipinski definition) is 0. The van der Waals surface area contributed by atoms with Crippen molar-refractivity contribution in [2.24, 2.45) is 0 Å². The minimum Gasteiger partial charge on any atom is -0.462 e. The molecule has 1 unspecified atom stereocenters. The predicted molar refractivity (Wildman–Crippen MR) is 88.6 cm³/mol. The number of rotatable bonds is 14. The van der Waals surface area contributed by atoms with Crippen LogP contribution in [0, 0.1) is 0 Å². The number of unbranched alkanes of at least 4 members (excludes halogenated alkanes) is 6. The van der Waals surface area contributed by atoms with Gasteiger partial charge < -0.3 is 9.47 Å². The van der Waals surface area contributed by atoms with Crippen molar-refractivity contribution in [3.63, 3.8) is 0 Å². The van der Waals surface area contributed by atoms with E-state index in [0.717, 1.165) is 51.4 Å². The van der Waals surface area contributed by atoms with Crippen molar-refractivity contribution in [2.45, 2.75) is 97.5 Å². The molecular weight excluding hydrogens is 280 g/mol. The molecule has 0 aliphatic rings. The molecule has 0 saturated carbocycles. The smallest absolute Gasteiger partial charge is 0.306 e. The van der Waals surface area contributed by atoms with Crippen LogP contribution in [0.5, 0.6) is 0 Å². The second-order valence-corrected chi connectivity index (χ2v) is 5.82. The zero-order valence-electron chi connectivity index (χ0n) is 14.7. The third-order valence-corrected chi connectivity index (χ3v) is 3.65. The van der Waals surface area contributed by atoms with E-state index in [-0.39, 0.29) is 24.6 Å². The van der Waals surface area contributed by atoms with Gasteiger partial charge >= 0.3 is 11.9 Å². The van der Waals surface area contributed by atoms with E-state index in [4.69, 9.17) is 9.47 Å². The summed E-state index contributed by atoms with van der Waals surface area (Å²) in [5.74, 6) is -0.365. The highest BCUT2D eigenvalue weighted by atomic mass is 16.6. The van der Waals surface area contributed by atoms with Crippen LogP contribution in [0.2, 0.25) is 0 Å². The number of carbonyl (C=O) groups excluding carboxylic acids is 2. The third kappa shape index (κ3) is 12.7. The molecule has 4 heteroatoms. The van der Waals surface area contributed by atoms with Gasteiger partial charge in [0.15, 0.2) is 0 Å². The summed E-state index contributed by atoms with van der Waals surface area (Å²) in [7, 11) is 0. The van der Waals surface area contributed by atoms with Gasteiger partial charge in [-0.1, -0.05) is 59.3 Å². The van der Waals surface area contributed by atoms with Gasteiger partial charge in [-0.15, -0.1) is 0 Å². The zero-order chi connectivity index (χ0) is 16.6. The summed E-state index contributed by atoms with van der Waals surface area (Å²) in [6.07, 6.45) is 9.78. The zero-order valence-corrected chi connectivity index (χ0v) is 14.7. The first kappa shape index (κ1) is 20.9. The van der Waals surface area contributed by atoms with Crippen molar-refractivity contribution in [3.8, 4) is 0 Å². The fourth-order valence-electron chi connectivity index (χ4n) is 2.13. The van der Waals surface area contributed by atoms with E-state index in [0.29, 0.717) is 19.3 Å². The van der Waals surface area contributed by atoms with Crippen LogP contribution in [0.4, 0.5) is 0 Å². The Balaban J connectivity index is 3.76. The minimum atomic E-state index is -0.307. The Hall–Kier alpha value is -1.06. The Morgan fingerprint density at radius 2 is 1.32 bits per heavy atom. The molecule has 0 amide bonds. The molecule has 0 saturated heterocycles. The summed E-state index contributed by atoms with van der Waals surface area (Å²) in [6.45, 7) is 6.40. The van der Waals surface area contributed by atoms with Gasteiger partial charge in [0.2, 0.25) is 0 Å². The number of esters is 2. The maximum Gasteiger partial charge on any atom is 0.306 e. The van der Waals surface area contributed by atoms with E-state index >= 15 is 0 Å². The fourth-order valence-corrected chi connectivity index (χ4v) is 2.13. The van der Waals surface area contributed by atoms with Crippen LogP contribution in [0.3, 0.4) is 0 Å². The average Bonchev–Trinajstić information content (AvgIpc) is 2.52. The molecule has 1 atom stereocenters. The molecule has 0 rings (SSSR count). The number of carbonyl (C=O) groups is 2. The van der Waals surface area contributed by atoms with Gasteiger partial charge in [0.1, 0.15) is 12.7 Å². The van der Waals surface area contributed by atoms with Gasteiger partial charge in [0.25, 0.3) is 0 Å². The molecule has 0 aromatic heterocycles. The van der Waals surface area contributed by atoms with E-state index in [1.807, 2.05) is 6.92 Å². The Labute approximate surface area is 135 Å². The first-order chi connectivity index (χ1) is 10.6. The fraction of sp³-hybridized carbons (Fsp3) is 0.889. The third-order valence-electron chi connectivity index (χ3n) is 3.65. The van der Waals surface area contributed by atoms with Crippen molar-refractivity contribution in [2.75, 3.05) is 6.61 Å². The van der Waals surface area contributed by atoms with E-state index < -0.39 is 0 Å². The Morgan fingerprint density at radius 1 is 0.773 bits per heavy atom. The molecule has 0 aliphatic heterocycles. The van der Waals surface area contributed by atoms with E-state index in [1.165, 1.54) is 0 Å². The molecule has 0 aromatic carbocycles. The molecule has 0 fully saturated rings. The van der Waals surface area contributed by atoms with Crippen LogP contribution < -0.4 is 0 Å². The van der Waals surface area contributed by atoms with Crippen LogP contribution in [0.25, 0.3) is 0 Å². The average molecular weight is 314 g/mol. The van der Waals surface area contributed by atoms with Crippen molar-refractivity contribution < 1.29 is 19.1 Å². The van der Waals surface area contributed by atoms with Gasteiger partial charge in [0, 0.05) is 12.8 Å². The summed E-state index contributed by atoms with van der Waals surface area (Å²) in [5, 5.41) is 0. The molecule has 0 bridgehead atoms. The second kappa shape index (κ2) is 14.9. The highest BCUT2D eigenvalue weighted by molar-refractivity contribution is 5.70. The first-order valence-corrected chi connectivity index (χ1v) is 8.99. The van der Waals surface area contributed by atoms with E-state index in [2.05, 4.69) is 13.8 Å². The normalized spacial score (nSPS) is 12.0. The summed E-state index contributed by atoms with van der Waals surface area (Å²) in [5.41, 5.74) is 0. The molecular formula is C18H34O4. The van der Waals surface area contributed by atoms with E-state index in [9.17, 15) is 9.59 Å². The molecule has 0 aromatic rings. The molecule has 0 heterocycles. The van der Waals surface area contributed by atoms with Gasteiger partial charge in [-0.25, -0.2) is 0 Å². The largest absolute Gasteiger partial charge is 0.462 e. The van der Waals surface area contributed by atoms with Crippen molar-refractivity contribution in [1.29, 1.82) is 0 Å².